The number of aromatic nitrogens is 1. The smallest absolute Gasteiger partial charge is 0.376 e. The van der Waals surface area contributed by atoms with Crippen molar-refractivity contribution in [2.75, 3.05) is 25.5 Å². The number of hydrogen-bond donors (Lipinski definition) is 1. The lowest BCUT2D eigenvalue weighted by molar-refractivity contribution is -0.137. The lowest BCUT2D eigenvalue weighted by Crippen LogP contribution is -2.33. The Morgan fingerprint density at radius 3 is 2.60 bits per heavy atom. The Balaban J connectivity index is 1.44. The van der Waals surface area contributed by atoms with Crippen molar-refractivity contribution in [1.82, 2.24) is 10.1 Å². The lowest BCUT2D eigenvalue weighted by atomic mass is 10.1. The van der Waals surface area contributed by atoms with Gasteiger partial charge in [-0.25, -0.2) is 0 Å². The van der Waals surface area contributed by atoms with E-state index in [4.69, 9.17) is 4.52 Å². The van der Waals surface area contributed by atoms with Crippen LogP contribution in [0, 0.1) is 0 Å². The number of nitrogens with one attached hydrogen (secondary N) is 1. The third-order valence-electron chi connectivity index (χ3n) is 4.60. The van der Waals surface area contributed by atoms with Gasteiger partial charge in [0.15, 0.2) is 0 Å². The van der Waals surface area contributed by atoms with Gasteiger partial charge in [0.25, 0.3) is 0 Å². The zero-order valence-electron chi connectivity index (χ0n) is 16.4. The third kappa shape index (κ3) is 5.85. The van der Waals surface area contributed by atoms with Gasteiger partial charge in [-0.15, -0.1) is 0 Å². The van der Waals surface area contributed by atoms with Crippen molar-refractivity contribution >= 4 is 11.6 Å². The van der Waals surface area contributed by atoms with Crippen LogP contribution >= 0.6 is 0 Å². The Hall–Kier alpha value is -3.29. The Labute approximate surface area is 172 Å². The minimum absolute atomic E-state index is 0.0850. The molecule has 1 aromatic heterocycles. The molecule has 0 aliphatic carbocycles. The predicted octanol–water partition coefficient (Wildman–Crippen LogP) is 4.86. The minimum Gasteiger partial charge on any atom is -0.376 e. The molecule has 1 heterocycles. The summed E-state index contributed by atoms with van der Waals surface area (Å²) in [6.45, 7) is 0.406. The van der Waals surface area contributed by atoms with Crippen LogP contribution in [0.25, 0.3) is 11.3 Å². The van der Waals surface area contributed by atoms with Crippen LogP contribution in [-0.2, 0) is 17.4 Å². The van der Waals surface area contributed by atoms with Crippen LogP contribution < -0.4 is 5.32 Å². The summed E-state index contributed by atoms with van der Waals surface area (Å²) in [4.78, 5) is 13.8. The highest BCUT2D eigenvalue weighted by atomic mass is 19.4. The summed E-state index contributed by atoms with van der Waals surface area (Å²) in [7, 11) is 1.66. The number of nitrogens with zero attached hydrogens (tertiary/aromatic N) is 2. The van der Waals surface area contributed by atoms with E-state index in [1.165, 1.54) is 17.0 Å². The number of hydrogen-bond acceptors (Lipinski definition) is 4. The lowest BCUT2D eigenvalue weighted by Gasteiger charge is -2.18. The summed E-state index contributed by atoms with van der Waals surface area (Å²) in [5.74, 6) is 0.520. The maximum Gasteiger partial charge on any atom is 0.416 e. The van der Waals surface area contributed by atoms with E-state index < -0.39 is 11.7 Å². The van der Waals surface area contributed by atoms with Gasteiger partial charge in [-0.05, 0) is 24.6 Å². The highest BCUT2D eigenvalue weighted by Crippen LogP contribution is 2.30. The normalized spacial score (nSPS) is 11.3. The van der Waals surface area contributed by atoms with Crippen molar-refractivity contribution in [3.63, 3.8) is 0 Å². The molecule has 3 aromatic rings. The standard InChI is InChI=1S/C22H22F3N3O2/c1-28(21(29)15-26-18-10-5-9-17(13-18)22(23,24)25)12-6-11-19-14-20(27-30-19)16-7-3-2-4-8-16/h2-5,7-10,13-14,26H,6,11-12,15H2,1H3. The molecule has 0 fully saturated rings. The number of alkyl halides is 3. The molecular formula is C22H22F3N3O2. The summed E-state index contributed by atoms with van der Waals surface area (Å²) in [6, 6.07) is 16.3. The van der Waals surface area contributed by atoms with E-state index in [9.17, 15) is 18.0 Å². The molecule has 3 rings (SSSR count). The van der Waals surface area contributed by atoms with E-state index in [1.54, 1.807) is 7.05 Å². The number of benzene rings is 2. The summed E-state index contributed by atoms with van der Waals surface area (Å²) in [5.41, 5.74) is 1.23. The first-order valence-corrected chi connectivity index (χ1v) is 9.49. The molecule has 0 radical (unpaired) electrons. The van der Waals surface area contributed by atoms with Gasteiger partial charge in [0.05, 0.1) is 12.1 Å². The topological polar surface area (TPSA) is 58.4 Å². The van der Waals surface area contributed by atoms with Crippen molar-refractivity contribution in [3.8, 4) is 11.3 Å². The molecular weight excluding hydrogens is 395 g/mol. The highest BCUT2D eigenvalue weighted by Gasteiger charge is 2.30. The number of amides is 1. The minimum atomic E-state index is -4.42. The maximum atomic E-state index is 12.8. The van der Waals surface area contributed by atoms with Crippen LogP contribution in [0.3, 0.4) is 0 Å². The SMILES string of the molecule is CN(CCCc1cc(-c2ccccc2)no1)C(=O)CNc1cccc(C(F)(F)F)c1. The van der Waals surface area contributed by atoms with Gasteiger partial charge >= 0.3 is 6.18 Å². The fraction of sp³-hybridized carbons (Fsp3) is 0.273. The van der Waals surface area contributed by atoms with Gasteiger partial charge in [-0.2, -0.15) is 13.2 Å². The van der Waals surface area contributed by atoms with E-state index >= 15 is 0 Å². The fourth-order valence-electron chi connectivity index (χ4n) is 2.91. The van der Waals surface area contributed by atoms with E-state index in [0.717, 1.165) is 29.2 Å². The number of rotatable bonds is 8. The van der Waals surface area contributed by atoms with Gasteiger partial charge in [-0.3, -0.25) is 4.79 Å². The predicted molar refractivity (Wildman–Crippen MR) is 108 cm³/mol. The molecule has 30 heavy (non-hydrogen) atoms. The molecule has 1 N–H and O–H groups in total. The molecule has 158 valence electrons. The van der Waals surface area contributed by atoms with Crippen LogP contribution in [0.1, 0.15) is 17.7 Å². The van der Waals surface area contributed by atoms with Crippen LogP contribution in [0.4, 0.5) is 18.9 Å². The van der Waals surface area contributed by atoms with Crippen LogP contribution in [0.15, 0.2) is 65.2 Å². The van der Waals surface area contributed by atoms with E-state index in [-0.39, 0.29) is 18.1 Å². The number of anilines is 1. The molecule has 0 unspecified atom stereocenters. The molecule has 0 aliphatic heterocycles. The summed E-state index contributed by atoms with van der Waals surface area (Å²) in [5, 5.41) is 6.81. The molecule has 0 bridgehead atoms. The highest BCUT2D eigenvalue weighted by molar-refractivity contribution is 5.80. The summed E-state index contributed by atoms with van der Waals surface area (Å²) >= 11 is 0. The molecule has 0 spiro atoms. The average Bonchev–Trinajstić information content (AvgIpc) is 3.21. The first-order valence-electron chi connectivity index (χ1n) is 9.49. The van der Waals surface area contributed by atoms with Gasteiger partial charge in [0.1, 0.15) is 11.5 Å². The van der Waals surface area contributed by atoms with Crippen LogP contribution in [0.2, 0.25) is 0 Å². The molecule has 0 atom stereocenters. The quantitative estimate of drug-likeness (QED) is 0.569. The Bertz CT molecular complexity index is 971. The largest absolute Gasteiger partial charge is 0.416 e. The second kappa shape index (κ2) is 9.47. The van der Waals surface area contributed by atoms with Gasteiger partial charge in [0, 0.05) is 37.3 Å². The van der Waals surface area contributed by atoms with E-state index in [1.807, 2.05) is 36.4 Å². The molecule has 0 saturated carbocycles. The van der Waals surface area contributed by atoms with Gasteiger partial charge < -0.3 is 14.7 Å². The third-order valence-corrected chi connectivity index (χ3v) is 4.60. The van der Waals surface area contributed by atoms with E-state index in [2.05, 4.69) is 10.5 Å². The maximum absolute atomic E-state index is 12.8. The average molecular weight is 417 g/mol. The molecule has 0 saturated heterocycles. The second-order valence-electron chi connectivity index (χ2n) is 6.90. The monoisotopic (exact) mass is 417 g/mol. The summed E-state index contributed by atoms with van der Waals surface area (Å²) < 4.78 is 43.6. The molecule has 0 aliphatic rings. The van der Waals surface area contributed by atoms with Crippen molar-refractivity contribution in [2.24, 2.45) is 0 Å². The zero-order chi connectivity index (χ0) is 21.6. The van der Waals surface area contributed by atoms with Crippen molar-refractivity contribution in [3.05, 3.63) is 72.0 Å². The Morgan fingerprint density at radius 2 is 1.87 bits per heavy atom. The molecule has 2 aromatic carbocycles. The number of carbonyl (C=O) groups excluding carboxylic acids is 1. The fourth-order valence-corrected chi connectivity index (χ4v) is 2.91. The van der Waals surface area contributed by atoms with Crippen LogP contribution in [-0.4, -0.2) is 36.1 Å². The van der Waals surface area contributed by atoms with Crippen molar-refractivity contribution in [1.29, 1.82) is 0 Å². The van der Waals surface area contributed by atoms with Crippen LogP contribution in [0.5, 0.6) is 0 Å². The second-order valence-corrected chi connectivity index (χ2v) is 6.90. The first kappa shape index (κ1) is 21.4. The Morgan fingerprint density at radius 1 is 1.10 bits per heavy atom. The number of likely N-dealkylation sites (N-methyl/N-ethyl adjacent to an activating group) is 1. The molecule has 5 nitrogen and oxygen atoms in total. The number of aryl methyl sites for hydroxylation is 1. The number of halogens is 3. The zero-order valence-corrected chi connectivity index (χ0v) is 16.4. The van der Waals surface area contributed by atoms with Crippen molar-refractivity contribution in [2.45, 2.75) is 19.0 Å². The number of carbonyl (C=O) groups is 1. The van der Waals surface area contributed by atoms with E-state index in [0.29, 0.717) is 19.4 Å². The van der Waals surface area contributed by atoms with Crippen molar-refractivity contribution < 1.29 is 22.5 Å². The first-order chi connectivity index (χ1) is 14.3. The van der Waals surface area contributed by atoms with Gasteiger partial charge in [0.2, 0.25) is 5.91 Å². The molecule has 8 heteroatoms. The summed E-state index contributed by atoms with van der Waals surface area (Å²) in [6.07, 6.45) is -3.12. The van der Waals surface area contributed by atoms with Gasteiger partial charge in [-0.1, -0.05) is 41.6 Å². The molecule has 1 amide bonds. The Kier molecular flexibility index (Phi) is 6.76.